The van der Waals surface area contributed by atoms with Crippen LogP contribution in [0.15, 0.2) is 18.5 Å². The predicted molar refractivity (Wildman–Crippen MR) is 63.6 cm³/mol. The average molecular weight is 228 g/mol. The molecule has 0 fully saturated rings. The van der Waals surface area contributed by atoms with Crippen molar-refractivity contribution in [3.63, 3.8) is 0 Å². The van der Waals surface area contributed by atoms with Crippen molar-refractivity contribution in [1.82, 2.24) is 10.4 Å². The molecular weight excluding hydrogens is 210 g/mol. The molecule has 3 N–H and O–H groups in total. The number of hydrogen-bond acceptors (Lipinski definition) is 3. The summed E-state index contributed by atoms with van der Waals surface area (Å²) in [6.07, 6.45) is 7.72. The van der Waals surface area contributed by atoms with Crippen molar-refractivity contribution in [2.24, 2.45) is 5.84 Å². The number of rotatable bonds is 6. The van der Waals surface area contributed by atoms with Crippen LogP contribution in [0.5, 0.6) is 0 Å². The molecule has 0 aliphatic heterocycles. The lowest BCUT2D eigenvalue weighted by Crippen LogP contribution is -2.36. The smallest absolute Gasteiger partial charge is 0.0621 e. The Balaban J connectivity index is 2.54. The van der Waals surface area contributed by atoms with Crippen LogP contribution in [0.1, 0.15) is 31.7 Å². The van der Waals surface area contributed by atoms with Crippen molar-refractivity contribution in [1.29, 1.82) is 0 Å². The minimum Gasteiger partial charge on any atom is -0.271 e. The molecule has 15 heavy (non-hydrogen) atoms. The molecule has 0 bridgehead atoms. The van der Waals surface area contributed by atoms with Gasteiger partial charge >= 0.3 is 0 Å². The van der Waals surface area contributed by atoms with Gasteiger partial charge in [-0.2, -0.15) is 0 Å². The Labute approximate surface area is 96.0 Å². The third-order valence-electron chi connectivity index (χ3n) is 2.46. The molecule has 4 heteroatoms. The van der Waals surface area contributed by atoms with Crippen molar-refractivity contribution < 1.29 is 0 Å². The van der Waals surface area contributed by atoms with E-state index in [2.05, 4.69) is 17.3 Å². The van der Waals surface area contributed by atoms with Gasteiger partial charge in [-0.25, -0.2) is 0 Å². The number of hydrogen-bond donors (Lipinski definition) is 2. The van der Waals surface area contributed by atoms with Crippen molar-refractivity contribution in [2.75, 3.05) is 0 Å². The Morgan fingerprint density at radius 1 is 1.60 bits per heavy atom. The lowest BCUT2D eigenvalue weighted by molar-refractivity contribution is 0.473. The predicted octanol–water partition coefficient (Wildman–Crippen LogP) is 2.30. The summed E-state index contributed by atoms with van der Waals surface area (Å²) in [5.41, 5.74) is 3.94. The summed E-state index contributed by atoms with van der Waals surface area (Å²) < 4.78 is 0. The van der Waals surface area contributed by atoms with Crippen LogP contribution >= 0.6 is 11.6 Å². The number of nitrogens with zero attached hydrogens (tertiary/aromatic N) is 1. The molecule has 3 nitrogen and oxygen atoms in total. The van der Waals surface area contributed by atoms with Crippen LogP contribution in [-0.2, 0) is 6.42 Å². The second-order valence-corrected chi connectivity index (χ2v) is 4.08. The Hall–Kier alpha value is -0.640. The third-order valence-corrected chi connectivity index (χ3v) is 2.80. The highest BCUT2D eigenvalue weighted by molar-refractivity contribution is 6.31. The molecule has 84 valence electrons. The third kappa shape index (κ3) is 4.16. The lowest BCUT2D eigenvalue weighted by atomic mass is 10.0. The molecule has 0 spiro atoms. The molecule has 1 aromatic rings. The molecule has 0 aromatic carbocycles. The Morgan fingerprint density at radius 2 is 2.40 bits per heavy atom. The Kier molecular flexibility index (Phi) is 5.61. The van der Waals surface area contributed by atoms with Gasteiger partial charge in [0, 0.05) is 18.4 Å². The van der Waals surface area contributed by atoms with Crippen molar-refractivity contribution >= 4 is 11.6 Å². The molecule has 0 aliphatic rings. The quantitative estimate of drug-likeness (QED) is 0.579. The zero-order valence-electron chi connectivity index (χ0n) is 9.04. The minimum absolute atomic E-state index is 0.296. The van der Waals surface area contributed by atoms with Crippen LogP contribution in [0.3, 0.4) is 0 Å². The summed E-state index contributed by atoms with van der Waals surface area (Å²) in [5.74, 6) is 5.50. The topological polar surface area (TPSA) is 50.9 Å². The van der Waals surface area contributed by atoms with E-state index in [9.17, 15) is 0 Å². The van der Waals surface area contributed by atoms with Gasteiger partial charge in [0.15, 0.2) is 0 Å². The summed E-state index contributed by atoms with van der Waals surface area (Å²) in [7, 11) is 0. The van der Waals surface area contributed by atoms with E-state index < -0.39 is 0 Å². The molecular formula is C11H18ClN3. The molecule has 1 rings (SSSR count). The van der Waals surface area contributed by atoms with E-state index >= 15 is 0 Å². The molecule has 0 saturated carbocycles. The number of unbranched alkanes of at least 4 members (excludes halogenated alkanes) is 1. The standard InChI is InChI=1S/C11H18ClN3/c1-2-3-4-10(15-13)7-9-5-6-14-8-11(9)12/h5-6,8,10,15H,2-4,7,13H2,1H3. The Morgan fingerprint density at radius 3 is 3.00 bits per heavy atom. The minimum atomic E-state index is 0.296. The van der Waals surface area contributed by atoms with E-state index in [0.717, 1.165) is 18.4 Å². The van der Waals surface area contributed by atoms with Gasteiger partial charge < -0.3 is 0 Å². The van der Waals surface area contributed by atoms with E-state index in [1.165, 1.54) is 12.8 Å². The normalized spacial score (nSPS) is 12.7. The molecule has 0 amide bonds. The SMILES string of the molecule is CCCCC(Cc1ccncc1Cl)NN. The van der Waals surface area contributed by atoms with Gasteiger partial charge in [-0.3, -0.25) is 16.3 Å². The zero-order valence-corrected chi connectivity index (χ0v) is 9.80. The number of nitrogens with two attached hydrogens (primary N) is 1. The average Bonchev–Trinajstić information content (AvgIpc) is 2.26. The van der Waals surface area contributed by atoms with Gasteiger partial charge in [-0.15, -0.1) is 0 Å². The zero-order chi connectivity index (χ0) is 11.1. The van der Waals surface area contributed by atoms with Gasteiger partial charge in [-0.1, -0.05) is 31.4 Å². The maximum atomic E-state index is 6.03. The van der Waals surface area contributed by atoms with E-state index in [0.29, 0.717) is 11.1 Å². The molecule has 1 unspecified atom stereocenters. The lowest BCUT2D eigenvalue weighted by Gasteiger charge is -2.15. The summed E-state index contributed by atoms with van der Waals surface area (Å²) >= 11 is 6.03. The fourth-order valence-corrected chi connectivity index (χ4v) is 1.73. The number of nitrogens with one attached hydrogen (secondary N) is 1. The summed E-state index contributed by atoms with van der Waals surface area (Å²) in [4.78, 5) is 3.96. The van der Waals surface area contributed by atoms with Crippen LogP contribution in [0.25, 0.3) is 0 Å². The van der Waals surface area contributed by atoms with E-state index in [1.54, 1.807) is 12.4 Å². The van der Waals surface area contributed by atoms with Gasteiger partial charge in [0.25, 0.3) is 0 Å². The molecule has 0 radical (unpaired) electrons. The number of halogens is 1. The second kappa shape index (κ2) is 6.77. The largest absolute Gasteiger partial charge is 0.271 e. The van der Waals surface area contributed by atoms with Crippen LogP contribution in [0.2, 0.25) is 5.02 Å². The Bertz CT molecular complexity index is 291. The van der Waals surface area contributed by atoms with Crippen LogP contribution in [0.4, 0.5) is 0 Å². The number of hydrazine groups is 1. The van der Waals surface area contributed by atoms with E-state index in [1.807, 2.05) is 6.07 Å². The maximum Gasteiger partial charge on any atom is 0.0621 e. The maximum absolute atomic E-state index is 6.03. The summed E-state index contributed by atoms with van der Waals surface area (Å²) in [6, 6.07) is 2.24. The van der Waals surface area contributed by atoms with Crippen LogP contribution in [-0.4, -0.2) is 11.0 Å². The molecule has 0 saturated heterocycles. The first-order chi connectivity index (χ1) is 7.27. The van der Waals surface area contributed by atoms with Gasteiger partial charge in [0.2, 0.25) is 0 Å². The first-order valence-electron chi connectivity index (χ1n) is 5.32. The fraction of sp³-hybridized carbons (Fsp3) is 0.545. The van der Waals surface area contributed by atoms with Gasteiger partial charge in [0.05, 0.1) is 5.02 Å². The summed E-state index contributed by atoms with van der Waals surface area (Å²) in [6.45, 7) is 2.17. The highest BCUT2D eigenvalue weighted by atomic mass is 35.5. The number of pyridine rings is 1. The van der Waals surface area contributed by atoms with Crippen molar-refractivity contribution in [3.8, 4) is 0 Å². The monoisotopic (exact) mass is 227 g/mol. The van der Waals surface area contributed by atoms with Gasteiger partial charge in [0.1, 0.15) is 0 Å². The highest BCUT2D eigenvalue weighted by Crippen LogP contribution is 2.16. The number of aromatic nitrogens is 1. The van der Waals surface area contributed by atoms with Gasteiger partial charge in [-0.05, 0) is 24.5 Å². The molecule has 1 atom stereocenters. The first kappa shape index (κ1) is 12.4. The van der Waals surface area contributed by atoms with Crippen molar-refractivity contribution in [3.05, 3.63) is 29.0 Å². The highest BCUT2D eigenvalue weighted by Gasteiger charge is 2.09. The first-order valence-corrected chi connectivity index (χ1v) is 5.70. The van der Waals surface area contributed by atoms with Crippen LogP contribution < -0.4 is 11.3 Å². The summed E-state index contributed by atoms with van der Waals surface area (Å²) in [5, 5.41) is 0.717. The van der Waals surface area contributed by atoms with Crippen molar-refractivity contribution in [2.45, 2.75) is 38.6 Å². The molecule has 1 aromatic heterocycles. The molecule has 0 aliphatic carbocycles. The van der Waals surface area contributed by atoms with Crippen LogP contribution in [0, 0.1) is 0 Å². The molecule has 1 heterocycles. The van der Waals surface area contributed by atoms with E-state index in [-0.39, 0.29) is 0 Å². The second-order valence-electron chi connectivity index (χ2n) is 3.68. The fourth-order valence-electron chi connectivity index (χ4n) is 1.53. The van der Waals surface area contributed by atoms with E-state index in [4.69, 9.17) is 17.4 Å².